The third-order valence-electron chi connectivity index (χ3n) is 4.77. The summed E-state index contributed by atoms with van der Waals surface area (Å²) in [4.78, 5) is 2.27. The molecule has 0 bridgehead atoms. The zero-order valence-electron chi connectivity index (χ0n) is 18.1. The standard InChI is InChI=1S/C25H38N2/c1-19(2)13-21-9-7-11-23(15-21)24-12-8-10-22(16-24)17-26-25(14-20(3)4)18-27(5)6/h7-12,15-16,19-20,25-26H,13-14,17-18H2,1-6H3/t25-/m1/s1. The van der Waals surface area contributed by atoms with Crippen LogP contribution in [0.25, 0.3) is 11.1 Å². The maximum atomic E-state index is 3.77. The highest BCUT2D eigenvalue weighted by Gasteiger charge is 2.12. The molecule has 0 fully saturated rings. The van der Waals surface area contributed by atoms with Gasteiger partial charge in [0.05, 0.1) is 0 Å². The van der Waals surface area contributed by atoms with Gasteiger partial charge in [0.25, 0.3) is 0 Å². The average molecular weight is 367 g/mol. The van der Waals surface area contributed by atoms with E-state index >= 15 is 0 Å². The number of hydrogen-bond acceptors (Lipinski definition) is 2. The van der Waals surface area contributed by atoms with E-state index in [-0.39, 0.29) is 0 Å². The average Bonchev–Trinajstić information content (AvgIpc) is 2.59. The Morgan fingerprint density at radius 3 is 1.96 bits per heavy atom. The van der Waals surface area contributed by atoms with Crippen LogP contribution in [-0.4, -0.2) is 31.6 Å². The van der Waals surface area contributed by atoms with Gasteiger partial charge in [0.2, 0.25) is 0 Å². The maximum Gasteiger partial charge on any atom is 0.0208 e. The van der Waals surface area contributed by atoms with Crippen molar-refractivity contribution in [2.24, 2.45) is 11.8 Å². The van der Waals surface area contributed by atoms with Crippen LogP contribution in [0.4, 0.5) is 0 Å². The van der Waals surface area contributed by atoms with Gasteiger partial charge >= 0.3 is 0 Å². The Labute approximate surface area is 167 Å². The topological polar surface area (TPSA) is 15.3 Å². The molecule has 0 saturated heterocycles. The maximum absolute atomic E-state index is 3.77. The lowest BCUT2D eigenvalue weighted by Gasteiger charge is -2.24. The van der Waals surface area contributed by atoms with Gasteiger partial charge in [0.1, 0.15) is 0 Å². The zero-order valence-corrected chi connectivity index (χ0v) is 18.1. The largest absolute Gasteiger partial charge is 0.309 e. The molecule has 1 atom stereocenters. The van der Waals surface area contributed by atoms with E-state index in [0.29, 0.717) is 17.9 Å². The lowest BCUT2D eigenvalue weighted by molar-refractivity contribution is 0.305. The lowest BCUT2D eigenvalue weighted by atomic mass is 9.97. The summed E-state index contributed by atoms with van der Waals surface area (Å²) < 4.78 is 0. The minimum Gasteiger partial charge on any atom is -0.309 e. The Morgan fingerprint density at radius 1 is 0.815 bits per heavy atom. The van der Waals surface area contributed by atoms with Gasteiger partial charge in [0, 0.05) is 19.1 Å². The van der Waals surface area contributed by atoms with Crippen LogP contribution in [0.1, 0.15) is 45.2 Å². The fraction of sp³-hybridized carbons (Fsp3) is 0.520. The van der Waals surface area contributed by atoms with Gasteiger partial charge < -0.3 is 10.2 Å². The first-order valence-corrected chi connectivity index (χ1v) is 10.4. The number of hydrogen-bond donors (Lipinski definition) is 1. The van der Waals surface area contributed by atoms with Crippen LogP contribution < -0.4 is 5.32 Å². The van der Waals surface area contributed by atoms with Gasteiger partial charge in [-0.3, -0.25) is 0 Å². The second kappa shape index (κ2) is 10.6. The van der Waals surface area contributed by atoms with Crippen molar-refractivity contribution >= 4 is 0 Å². The monoisotopic (exact) mass is 366 g/mol. The van der Waals surface area contributed by atoms with E-state index in [0.717, 1.165) is 19.5 Å². The van der Waals surface area contributed by atoms with Crippen molar-refractivity contribution < 1.29 is 0 Å². The Balaban J connectivity index is 2.08. The van der Waals surface area contributed by atoms with Crippen LogP contribution >= 0.6 is 0 Å². The van der Waals surface area contributed by atoms with Gasteiger partial charge in [-0.05, 0) is 67.1 Å². The lowest BCUT2D eigenvalue weighted by Crippen LogP contribution is -2.38. The molecule has 0 heterocycles. The van der Waals surface area contributed by atoms with E-state index < -0.39 is 0 Å². The number of rotatable bonds is 10. The van der Waals surface area contributed by atoms with Crippen LogP contribution in [0.3, 0.4) is 0 Å². The van der Waals surface area contributed by atoms with Crippen LogP contribution in [0.2, 0.25) is 0 Å². The number of nitrogens with zero attached hydrogens (tertiary/aromatic N) is 1. The Hall–Kier alpha value is -1.64. The Bertz CT molecular complexity index is 678. The molecule has 0 radical (unpaired) electrons. The molecule has 2 heteroatoms. The van der Waals surface area contributed by atoms with Gasteiger partial charge in [-0.1, -0.05) is 70.2 Å². The summed E-state index contributed by atoms with van der Waals surface area (Å²) >= 11 is 0. The summed E-state index contributed by atoms with van der Waals surface area (Å²) in [5.74, 6) is 1.39. The fourth-order valence-corrected chi connectivity index (χ4v) is 3.70. The molecule has 2 aromatic rings. The molecule has 148 valence electrons. The molecule has 0 saturated carbocycles. The van der Waals surface area contributed by atoms with E-state index in [2.05, 4.69) is 101 Å². The molecule has 0 amide bonds. The van der Waals surface area contributed by atoms with Crippen molar-refractivity contribution in [1.29, 1.82) is 0 Å². The smallest absolute Gasteiger partial charge is 0.0208 e. The van der Waals surface area contributed by atoms with E-state index in [1.54, 1.807) is 0 Å². The SMILES string of the molecule is CC(C)Cc1cccc(-c2cccc(CN[C@H](CC(C)C)CN(C)C)c2)c1. The summed E-state index contributed by atoms with van der Waals surface area (Å²) in [6.45, 7) is 11.2. The summed E-state index contributed by atoms with van der Waals surface area (Å²) in [7, 11) is 4.31. The van der Waals surface area contributed by atoms with E-state index in [9.17, 15) is 0 Å². The molecule has 0 spiro atoms. The fourth-order valence-electron chi connectivity index (χ4n) is 3.70. The van der Waals surface area contributed by atoms with Crippen LogP contribution in [0, 0.1) is 11.8 Å². The molecule has 0 unspecified atom stereocenters. The molecule has 0 aromatic heterocycles. The van der Waals surface area contributed by atoms with Gasteiger partial charge in [-0.25, -0.2) is 0 Å². The second-order valence-corrected chi connectivity index (χ2v) is 8.97. The summed E-state index contributed by atoms with van der Waals surface area (Å²) in [6.07, 6.45) is 2.34. The molecule has 2 rings (SSSR count). The molecule has 27 heavy (non-hydrogen) atoms. The number of likely N-dealkylation sites (N-methyl/N-ethyl adjacent to an activating group) is 1. The Morgan fingerprint density at radius 2 is 1.41 bits per heavy atom. The van der Waals surface area contributed by atoms with Crippen molar-refractivity contribution in [2.75, 3.05) is 20.6 Å². The highest BCUT2D eigenvalue weighted by molar-refractivity contribution is 5.65. The van der Waals surface area contributed by atoms with E-state index in [1.807, 2.05) is 0 Å². The predicted molar refractivity (Wildman–Crippen MR) is 119 cm³/mol. The summed E-state index contributed by atoms with van der Waals surface area (Å²) in [6, 6.07) is 18.5. The van der Waals surface area contributed by atoms with Crippen LogP contribution in [-0.2, 0) is 13.0 Å². The normalized spacial score (nSPS) is 12.9. The highest BCUT2D eigenvalue weighted by atomic mass is 15.1. The third-order valence-corrected chi connectivity index (χ3v) is 4.77. The highest BCUT2D eigenvalue weighted by Crippen LogP contribution is 2.23. The van der Waals surface area contributed by atoms with Crippen molar-refractivity contribution in [3.05, 3.63) is 59.7 Å². The zero-order chi connectivity index (χ0) is 19.8. The van der Waals surface area contributed by atoms with Crippen LogP contribution in [0.5, 0.6) is 0 Å². The van der Waals surface area contributed by atoms with Gasteiger partial charge in [0.15, 0.2) is 0 Å². The molecule has 2 nitrogen and oxygen atoms in total. The van der Waals surface area contributed by atoms with Crippen LogP contribution in [0.15, 0.2) is 48.5 Å². The summed E-state index contributed by atoms with van der Waals surface area (Å²) in [5.41, 5.74) is 5.42. The minimum atomic E-state index is 0.526. The minimum absolute atomic E-state index is 0.526. The van der Waals surface area contributed by atoms with Crippen molar-refractivity contribution in [1.82, 2.24) is 10.2 Å². The first-order chi connectivity index (χ1) is 12.8. The molecular formula is C25H38N2. The first kappa shape index (κ1) is 21.7. The second-order valence-electron chi connectivity index (χ2n) is 8.97. The molecular weight excluding hydrogens is 328 g/mol. The van der Waals surface area contributed by atoms with Crippen molar-refractivity contribution in [3.8, 4) is 11.1 Å². The molecule has 2 aromatic carbocycles. The Kier molecular flexibility index (Phi) is 8.53. The first-order valence-electron chi connectivity index (χ1n) is 10.4. The van der Waals surface area contributed by atoms with E-state index in [4.69, 9.17) is 0 Å². The predicted octanol–water partition coefficient (Wildman–Crippen LogP) is 5.62. The third kappa shape index (κ3) is 7.86. The molecule has 1 N–H and O–H groups in total. The van der Waals surface area contributed by atoms with Gasteiger partial charge in [-0.15, -0.1) is 0 Å². The number of benzene rings is 2. The van der Waals surface area contributed by atoms with Crippen molar-refractivity contribution in [2.45, 2.75) is 53.1 Å². The van der Waals surface area contributed by atoms with Gasteiger partial charge in [-0.2, -0.15) is 0 Å². The molecule has 0 aliphatic rings. The quantitative estimate of drug-likeness (QED) is 0.587. The summed E-state index contributed by atoms with van der Waals surface area (Å²) in [5, 5.41) is 3.77. The van der Waals surface area contributed by atoms with Crippen molar-refractivity contribution in [3.63, 3.8) is 0 Å². The number of nitrogens with one attached hydrogen (secondary N) is 1. The molecule has 0 aliphatic heterocycles. The molecule has 0 aliphatic carbocycles. The van der Waals surface area contributed by atoms with E-state index in [1.165, 1.54) is 28.7 Å².